The van der Waals surface area contributed by atoms with Gasteiger partial charge in [-0.15, -0.1) is 0 Å². The minimum atomic E-state index is -4.33. The van der Waals surface area contributed by atoms with Gasteiger partial charge in [-0.25, -0.2) is 26.0 Å². The standard InChI is InChI=1S/C14H9ClF4O2S/c15-22(20,21)14(11-4-3-10(17)7-13(11)19)5-8-1-2-9(16)6-12(8)18/h1-4,6-7,14H,5H2. The van der Waals surface area contributed by atoms with Crippen LogP contribution in [-0.4, -0.2) is 8.42 Å². The zero-order valence-electron chi connectivity index (χ0n) is 10.9. The van der Waals surface area contributed by atoms with E-state index in [1.807, 2.05) is 0 Å². The third-order valence-electron chi connectivity index (χ3n) is 3.07. The van der Waals surface area contributed by atoms with E-state index in [1.165, 1.54) is 0 Å². The van der Waals surface area contributed by atoms with E-state index in [2.05, 4.69) is 0 Å². The van der Waals surface area contributed by atoms with Crippen LogP contribution in [0.5, 0.6) is 0 Å². The summed E-state index contributed by atoms with van der Waals surface area (Å²) in [5.41, 5.74) is -0.542. The smallest absolute Gasteiger partial charge is 0.212 e. The van der Waals surface area contributed by atoms with E-state index in [0.29, 0.717) is 12.1 Å². The van der Waals surface area contributed by atoms with Gasteiger partial charge in [-0.2, -0.15) is 0 Å². The Kier molecular flexibility index (Phi) is 4.77. The Hall–Kier alpha value is -1.60. The second-order valence-electron chi connectivity index (χ2n) is 4.57. The Bertz CT molecular complexity index is 808. The van der Waals surface area contributed by atoms with E-state index in [1.54, 1.807) is 0 Å². The number of hydrogen-bond donors (Lipinski definition) is 0. The van der Waals surface area contributed by atoms with Crippen LogP contribution in [0, 0.1) is 23.3 Å². The van der Waals surface area contributed by atoms with Gasteiger partial charge in [0.15, 0.2) is 0 Å². The molecular formula is C14H9ClF4O2S. The van der Waals surface area contributed by atoms with Crippen molar-refractivity contribution < 1.29 is 26.0 Å². The molecule has 0 radical (unpaired) electrons. The Morgan fingerprint density at radius 3 is 1.95 bits per heavy atom. The molecule has 8 heteroatoms. The Morgan fingerprint density at radius 2 is 1.45 bits per heavy atom. The largest absolute Gasteiger partial charge is 0.240 e. The Balaban J connectivity index is 2.48. The molecule has 0 saturated carbocycles. The van der Waals surface area contributed by atoms with E-state index in [0.717, 1.165) is 24.3 Å². The van der Waals surface area contributed by atoms with Gasteiger partial charge in [-0.1, -0.05) is 12.1 Å². The first kappa shape index (κ1) is 16.8. The summed E-state index contributed by atoms with van der Waals surface area (Å²) in [4.78, 5) is 0. The summed E-state index contributed by atoms with van der Waals surface area (Å²) in [5, 5.41) is -1.63. The Labute approximate surface area is 128 Å². The fourth-order valence-electron chi connectivity index (χ4n) is 2.01. The van der Waals surface area contributed by atoms with E-state index < -0.39 is 44.0 Å². The molecule has 0 bridgehead atoms. The predicted octanol–water partition coefficient (Wildman–Crippen LogP) is 4.10. The normalized spacial score (nSPS) is 13.1. The van der Waals surface area contributed by atoms with Crippen molar-refractivity contribution in [3.05, 3.63) is 70.8 Å². The van der Waals surface area contributed by atoms with E-state index in [4.69, 9.17) is 10.7 Å². The molecule has 0 amide bonds. The van der Waals surface area contributed by atoms with Gasteiger partial charge >= 0.3 is 0 Å². The van der Waals surface area contributed by atoms with Crippen molar-refractivity contribution in [1.29, 1.82) is 0 Å². The van der Waals surface area contributed by atoms with Crippen LogP contribution in [0.1, 0.15) is 16.4 Å². The molecule has 2 nitrogen and oxygen atoms in total. The molecule has 118 valence electrons. The van der Waals surface area contributed by atoms with Crippen LogP contribution in [-0.2, 0) is 15.5 Å². The first-order valence-corrected chi connectivity index (χ1v) is 8.38. The molecule has 1 unspecified atom stereocenters. The Morgan fingerprint density at radius 1 is 0.909 bits per heavy atom. The molecule has 0 fully saturated rings. The second kappa shape index (κ2) is 6.26. The van der Waals surface area contributed by atoms with Crippen molar-refractivity contribution in [3.8, 4) is 0 Å². The van der Waals surface area contributed by atoms with E-state index >= 15 is 0 Å². The molecule has 1 atom stereocenters. The average Bonchev–Trinajstić information content (AvgIpc) is 2.37. The number of rotatable bonds is 4. The number of benzene rings is 2. The molecule has 0 N–H and O–H groups in total. The molecule has 2 rings (SSSR count). The highest BCUT2D eigenvalue weighted by Gasteiger charge is 2.29. The van der Waals surface area contributed by atoms with Crippen LogP contribution in [0.15, 0.2) is 36.4 Å². The SMILES string of the molecule is O=S(=O)(Cl)C(Cc1ccc(F)cc1F)c1ccc(F)cc1F. The second-order valence-corrected chi connectivity index (χ2v) is 7.38. The van der Waals surface area contributed by atoms with Gasteiger partial charge in [0.05, 0.1) is 0 Å². The molecule has 0 aliphatic rings. The summed E-state index contributed by atoms with van der Waals surface area (Å²) in [6, 6.07) is 4.86. The molecular weight excluding hydrogens is 344 g/mol. The summed E-state index contributed by atoms with van der Waals surface area (Å²) >= 11 is 0. The van der Waals surface area contributed by atoms with Gasteiger partial charge in [-0.05, 0) is 24.1 Å². The highest BCUT2D eigenvalue weighted by atomic mass is 35.7. The molecule has 2 aromatic carbocycles. The van der Waals surface area contributed by atoms with Crippen molar-refractivity contribution in [2.75, 3.05) is 0 Å². The predicted molar refractivity (Wildman–Crippen MR) is 73.9 cm³/mol. The third kappa shape index (κ3) is 3.78. The van der Waals surface area contributed by atoms with Gasteiger partial charge in [0.25, 0.3) is 0 Å². The van der Waals surface area contributed by atoms with Crippen molar-refractivity contribution in [2.45, 2.75) is 11.7 Å². The van der Waals surface area contributed by atoms with Crippen molar-refractivity contribution in [1.82, 2.24) is 0 Å². The van der Waals surface area contributed by atoms with Crippen molar-refractivity contribution in [3.63, 3.8) is 0 Å². The summed E-state index contributed by atoms with van der Waals surface area (Å²) in [5.74, 6) is -3.82. The van der Waals surface area contributed by atoms with Gasteiger partial charge in [-0.3, -0.25) is 0 Å². The molecule has 0 aliphatic heterocycles. The molecule has 0 aromatic heterocycles. The number of hydrogen-bond acceptors (Lipinski definition) is 2. The molecule has 0 heterocycles. The molecule has 2 aromatic rings. The quantitative estimate of drug-likeness (QED) is 0.613. The van der Waals surface area contributed by atoms with Crippen molar-refractivity contribution in [2.24, 2.45) is 0 Å². The van der Waals surface area contributed by atoms with Crippen LogP contribution in [0.4, 0.5) is 17.6 Å². The lowest BCUT2D eigenvalue weighted by Gasteiger charge is -2.15. The van der Waals surface area contributed by atoms with Gasteiger partial charge in [0.1, 0.15) is 28.5 Å². The lowest BCUT2D eigenvalue weighted by Crippen LogP contribution is -2.13. The molecule has 0 spiro atoms. The summed E-state index contributed by atoms with van der Waals surface area (Å²) < 4.78 is 76.5. The summed E-state index contributed by atoms with van der Waals surface area (Å²) in [7, 11) is 0.965. The lowest BCUT2D eigenvalue weighted by atomic mass is 10.0. The lowest BCUT2D eigenvalue weighted by molar-refractivity contribution is 0.549. The zero-order chi connectivity index (χ0) is 16.5. The average molecular weight is 353 g/mol. The van der Waals surface area contributed by atoms with Gasteiger partial charge in [0.2, 0.25) is 9.05 Å². The maximum atomic E-state index is 13.8. The molecule has 22 heavy (non-hydrogen) atoms. The van der Waals surface area contributed by atoms with Gasteiger partial charge in [0, 0.05) is 28.4 Å². The molecule has 0 saturated heterocycles. The van der Waals surface area contributed by atoms with E-state index in [9.17, 15) is 26.0 Å². The highest BCUT2D eigenvalue weighted by molar-refractivity contribution is 8.13. The van der Waals surface area contributed by atoms with Crippen LogP contribution in [0.2, 0.25) is 0 Å². The summed E-state index contributed by atoms with van der Waals surface area (Å²) in [6.07, 6.45) is -0.513. The summed E-state index contributed by atoms with van der Waals surface area (Å²) in [6.45, 7) is 0. The van der Waals surface area contributed by atoms with Crippen LogP contribution >= 0.6 is 10.7 Å². The molecule has 0 aliphatic carbocycles. The monoisotopic (exact) mass is 352 g/mol. The number of halogens is 5. The van der Waals surface area contributed by atoms with Crippen LogP contribution < -0.4 is 0 Å². The minimum Gasteiger partial charge on any atom is -0.212 e. The maximum Gasteiger partial charge on any atom is 0.240 e. The van der Waals surface area contributed by atoms with E-state index in [-0.39, 0.29) is 11.1 Å². The fourth-order valence-corrected chi connectivity index (χ4v) is 3.36. The van der Waals surface area contributed by atoms with Gasteiger partial charge < -0.3 is 0 Å². The third-order valence-corrected chi connectivity index (χ3v) is 4.82. The highest BCUT2D eigenvalue weighted by Crippen LogP contribution is 2.32. The zero-order valence-corrected chi connectivity index (χ0v) is 12.4. The maximum absolute atomic E-state index is 13.8. The first-order valence-electron chi connectivity index (χ1n) is 6.01. The van der Waals surface area contributed by atoms with Crippen molar-refractivity contribution >= 4 is 19.7 Å². The van der Waals surface area contributed by atoms with Crippen LogP contribution in [0.25, 0.3) is 0 Å². The van der Waals surface area contributed by atoms with Crippen LogP contribution in [0.3, 0.4) is 0 Å². The minimum absolute atomic E-state index is 0.153. The fraction of sp³-hybridized carbons (Fsp3) is 0.143. The topological polar surface area (TPSA) is 34.1 Å². The first-order chi connectivity index (χ1) is 10.2.